The van der Waals surface area contributed by atoms with Crippen molar-refractivity contribution in [1.82, 2.24) is 5.32 Å². The molecule has 2 aromatic rings. The minimum atomic E-state index is -0.474. The molecular formula is C18H22N2O3S2. The van der Waals surface area contributed by atoms with E-state index in [2.05, 4.69) is 24.4 Å². The summed E-state index contributed by atoms with van der Waals surface area (Å²) in [6.45, 7) is 4.07. The third-order valence-corrected chi connectivity index (χ3v) is 5.78. The molecule has 1 heterocycles. The van der Waals surface area contributed by atoms with Gasteiger partial charge in [-0.3, -0.25) is 4.79 Å². The number of rotatable bonds is 7. The number of hydrogen-bond donors (Lipinski definition) is 2. The van der Waals surface area contributed by atoms with E-state index < -0.39 is 5.97 Å². The van der Waals surface area contributed by atoms with Gasteiger partial charge in [-0.25, -0.2) is 4.79 Å². The van der Waals surface area contributed by atoms with Crippen molar-refractivity contribution in [3.8, 4) is 0 Å². The molecule has 0 spiro atoms. The van der Waals surface area contributed by atoms with Gasteiger partial charge in [-0.05, 0) is 25.0 Å². The Morgan fingerprint density at radius 2 is 2.00 bits per heavy atom. The number of aryl methyl sites for hydroxylation is 1. The van der Waals surface area contributed by atoms with Crippen LogP contribution in [0.4, 0.5) is 5.00 Å². The Morgan fingerprint density at radius 1 is 1.28 bits per heavy atom. The maximum Gasteiger partial charge on any atom is 0.341 e. The maximum atomic E-state index is 12.3. The lowest BCUT2D eigenvalue weighted by Crippen LogP contribution is -2.18. The molecule has 134 valence electrons. The monoisotopic (exact) mass is 378 g/mol. The van der Waals surface area contributed by atoms with E-state index >= 15 is 0 Å². The van der Waals surface area contributed by atoms with Crippen LogP contribution in [-0.4, -0.2) is 25.5 Å². The van der Waals surface area contributed by atoms with Crippen LogP contribution in [0.25, 0.3) is 0 Å². The third kappa shape index (κ3) is 4.55. The van der Waals surface area contributed by atoms with E-state index in [9.17, 15) is 9.59 Å². The van der Waals surface area contributed by atoms with Gasteiger partial charge in [0.05, 0.1) is 17.0 Å². The van der Waals surface area contributed by atoms with Crippen LogP contribution in [0.3, 0.4) is 0 Å². The number of thiophene rings is 1. The van der Waals surface area contributed by atoms with Gasteiger partial charge in [0.25, 0.3) is 5.91 Å². The molecule has 1 amide bonds. The summed E-state index contributed by atoms with van der Waals surface area (Å²) >= 11 is 2.77. The number of anilines is 1. The second-order valence-electron chi connectivity index (χ2n) is 5.37. The lowest BCUT2D eigenvalue weighted by atomic mass is 10.1. The van der Waals surface area contributed by atoms with Gasteiger partial charge < -0.3 is 15.8 Å². The molecule has 0 radical (unpaired) electrons. The highest BCUT2D eigenvalue weighted by Gasteiger charge is 2.26. The number of nitrogens with two attached hydrogens (primary N) is 1. The molecular weight excluding hydrogens is 356 g/mol. The zero-order valence-corrected chi connectivity index (χ0v) is 16.2. The van der Waals surface area contributed by atoms with Crippen LogP contribution in [-0.2, 0) is 16.2 Å². The average molecular weight is 379 g/mol. The fraction of sp³-hybridized carbons (Fsp3) is 0.333. The van der Waals surface area contributed by atoms with E-state index in [1.54, 1.807) is 25.7 Å². The molecule has 3 N–H and O–H groups in total. The largest absolute Gasteiger partial charge is 0.462 e. The summed E-state index contributed by atoms with van der Waals surface area (Å²) in [5.41, 5.74) is 9.43. The van der Waals surface area contributed by atoms with Gasteiger partial charge in [-0.15, -0.1) is 11.3 Å². The molecule has 0 aliphatic carbocycles. The number of nitrogens with one attached hydrogen (secondary N) is 1. The number of nitrogen functional groups attached to an aromatic ring is 1. The molecule has 0 atom stereocenters. The van der Waals surface area contributed by atoms with Gasteiger partial charge >= 0.3 is 5.97 Å². The molecule has 1 aromatic carbocycles. The molecule has 0 unspecified atom stereocenters. The van der Waals surface area contributed by atoms with E-state index in [0.29, 0.717) is 26.8 Å². The normalized spacial score (nSPS) is 10.5. The van der Waals surface area contributed by atoms with Crippen LogP contribution in [0.1, 0.15) is 43.6 Å². The molecule has 25 heavy (non-hydrogen) atoms. The van der Waals surface area contributed by atoms with Crippen LogP contribution >= 0.6 is 23.1 Å². The zero-order chi connectivity index (χ0) is 18.4. The number of carbonyl (C=O) groups excluding carboxylic acids is 2. The minimum absolute atomic E-state index is 0.237. The van der Waals surface area contributed by atoms with E-state index in [1.807, 2.05) is 12.1 Å². The molecule has 5 nitrogen and oxygen atoms in total. The van der Waals surface area contributed by atoms with Crippen LogP contribution in [0.5, 0.6) is 0 Å². The number of thioether (sulfide) groups is 1. The van der Waals surface area contributed by atoms with Gasteiger partial charge in [0.2, 0.25) is 0 Å². The Hall–Kier alpha value is -1.99. The quantitative estimate of drug-likeness (QED) is 0.719. The van der Waals surface area contributed by atoms with Crippen molar-refractivity contribution < 1.29 is 14.3 Å². The topological polar surface area (TPSA) is 81.4 Å². The summed E-state index contributed by atoms with van der Waals surface area (Å²) < 4.78 is 5.11. The van der Waals surface area contributed by atoms with Gasteiger partial charge in [-0.2, -0.15) is 11.8 Å². The number of hydrogen-bond acceptors (Lipinski definition) is 6. The number of benzene rings is 1. The molecule has 0 aliphatic heterocycles. The van der Waals surface area contributed by atoms with Crippen LogP contribution < -0.4 is 11.1 Å². The lowest BCUT2D eigenvalue weighted by molar-refractivity contribution is 0.0527. The molecule has 0 bridgehead atoms. The SMILES string of the molecule is CCOC(=O)c1c(N)sc(C(=O)NC)c1CSCc1ccccc1C. The Kier molecular flexibility index (Phi) is 6.90. The predicted molar refractivity (Wildman–Crippen MR) is 104 cm³/mol. The Balaban J connectivity index is 2.25. The van der Waals surface area contributed by atoms with Gasteiger partial charge in [0.1, 0.15) is 5.00 Å². The predicted octanol–water partition coefficient (Wildman–Crippen LogP) is 3.61. The smallest absolute Gasteiger partial charge is 0.341 e. The van der Waals surface area contributed by atoms with Crippen molar-refractivity contribution in [3.05, 3.63) is 51.4 Å². The summed E-state index contributed by atoms with van der Waals surface area (Å²) in [5.74, 6) is 0.591. The Bertz CT molecular complexity index is 772. The zero-order valence-electron chi connectivity index (χ0n) is 14.5. The number of carbonyl (C=O) groups is 2. The second kappa shape index (κ2) is 8.92. The van der Waals surface area contributed by atoms with Crippen molar-refractivity contribution >= 4 is 40.0 Å². The van der Waals surface area contributed by atoms with Crippen molar-refractivity contribution in [2.24, 2.45) is 0 Å². The second-order valence-corrected chi connectivity index (χ2v) is 7.41. The van der Waals surface area contributed by atoms with E-state index in [1.165, 1.54) is 11.1 Å². The van der Waals surface area contributed by atoms with Crippen LogP contribution in [0.15, 0.2) is 24.3 Å². The lowest BCUT2D eigenvalue weighted by Gasteiger charge is -2.09. The van der Waals surface area contributed by atoms with Gasteiger partial charge in [0.15, 0.2) is 0 Å². The van der Waals surface area contributed by atoms with Crippen LogP contribution in [0, 0.1) is 6.92 Å². The molecule has 7 heteroatoms. The molecule has 0 aliphatic rings. The highest BCUT2D eigenvalue weighted by Crippen LogP contribution is 2.35. The van der Waals surface area contributed by atoms with Crippen LogP contribution in [0.2, 0.25) is 0 Å². The molecule has 2 rings (SSSR count). The number of amides is 1. The van der Waals surface area contributed by atoms with E-state index in [-0.39, 0.29) is 12.5 Å². The Labute approximate surface area is 155 Å². The van der Waals surface area contributed by atoms with Crippen molar-refractivity contribution in [1.29, 1.82) is 0 Å². The molecule has 0 saturated heterocycles. The summed E-state index contributed by atoms with van der Waals surface area (Å²) in [6.07, 6.45) is 0. The summed E-state index contributed by atoms with van der Waals surface area (Å²) in [4.78, 5) is 24.9. The highest BCUT2D eigenvalue weighted by molar-refractivity contribution is 7.97. The first-order chi connectivity index (χ1) is 12.0. The fourth-order valence-electron chi connectivity index (χ4n) is 2.38. The molecule has 0 fully saturated rings. The fourth-order valence-corrected chi connectivity index (χ4v) is 4.63. The van der Waals surface area contributed by atoms with E-state index in [0.717, 1.165) is 17.1 Å². The summed E-state index contributed by atoms with van der Waals surface area (Å²) in [6, 6.07) is 8.16. The van der Waals surface area contributed by atoms with E-state index in [4.69, 9.17) is 10.5 Å². The van der Waals surface area contributed by atoms with Gasteiger partial charge in [0, 0.05) is 24.1 Å². The number of ether oxygens (including phenoxy) is 1. The standard InChI is InChI=1S/C18H22N2O3S2/c1-4-23-18(22)14-13(15(17(21)20-3)25-16(14)19)10-24-9-12-8-6-5-7-11(12)2/h5-8H,4,9-10,19H2,1-3H3,(H,20,21). The first-order valence-corrected chi connectivity index (χ1v) is 9.89. The van der Waals surface area contributed by atoms with Crippen molar-refractivity contribution in [2.75, 3.05) is 19.4 Å². The van der Waals surface area contributed by atoms with Crippen molar-refractivity contribution in [2.45, 2.75) is 25.4 Å². The third-order valence-electron chi connectivity index (χ3n) is 3.71. The minimum Gasteiger partial charge on any atom is -0.462 e. The highest BCUT2D eigenvalue weighted by atomic mass is 32.2. The van der Waals surface area contributed by atoms with Crippen molar-refractivity contribution in [3.63, 3.8) is 0 Å². The number of esters is 1. The maximum absolute atomic E-state index is 12.3. The average Bonchev–Trinajstić information content (AvgIpc) is 2.92. The summed E-state index contributed by atoms with van der Waals surface area (Å²) in [5, 5.41) is 2.93. The molecule has 1 aromatic heterocycles. The first-order valence-electron chi connectivity index (χ1n) is 7.92. The Morgan fingerprint density at radius 3 is 2.64 bits per heavy atom. The molecule has 0 saturated carbocycles. The van der Waals surface area contributed by atoms with Gasteiger partial charge in [-0.1, -0.05) is 24.3 Å². The summed E-state index contributed by atoms with van der Waals surface area (Å²) in [7, 11) is 1.56. The first kappa shape index (κ1) is 19.3.